The molecule has 8 nitrogen and oxygen atoms in total. The summed E-state index contributed by atoms with van der Waals surface area (Å²) in [6.45, 7) is 3.18. The molecule has 1 aliphatic rings. The van der Waals surface area contributed by atoms with E-state index < -0.39 is 11.8 Å². The molecule has 1 saturated heterocycles. The lowest BCUT2D eigenvalue weighted by atomic mass is 10.1. The standard InChI is InChI=1S/C22H27N3O5/c1-28-18-9-8-17(14-19(18)29-2)24-22(27)21(26)23-10-11-25-12-13-30-20(15-25)16-6-4-3-5-7-16/h3-9,14,20H,10-13,15H2,1-2H3,(H,23,26)(H,24,27)/t20-/m0/s1. The van der Waals surface area contributed by atoms with Crippen molar-refractivity contribution in [3.8, 4) is 11.5 Å². The Kier molecular flexibility index (Phi) is 7.64. The number of hydrogen-bond acceptors (Lipinski definition) is 6. The molecule has 0 aliphatic carbocycles. The van der Waals surface area contributed by atoms with Crippen molar-refractivity contribution in [2.24, 2.45) is 0 Å². The van der Waals surface area contributed by atoms with E-state index in [1.165, 1.54) is 14.2 Å². The summed E-state index contributed by atoms with van der Waals surface area (Å²) in [5.41, 5.74) is 1.59. The zero-order valence-corrected chi connectivity index (χ0v) is 17.2. The minimum absolute atomic E-state index is 0.0176. The Morgan fingerprint density at radius 2 is 1.83 bits per heavy atom. The van der Waals surface area contributed by atoms with Crippen LogP contribution in [0, 0.1) is 0 Å². The maximum absolute atomic E-state index is 12.2. The highest BCUT2D eigenvalue weighted by atomic mass is 16.5. The van der Waals surface area contributed by atoms with Crippen molar-refractivity contribution in [1.29, 1.82) is 0 Å². The van der Waals surface area contributed by atoms with Gasteiger partial charge in [0, 0.05) is 37.9 Å². The number of amides is 2. The summed E-state index contributed by atoms with van der Waals surface area (Å²) >= 11 is 0. The van der Waals surface area contributed by atoms with E-state index in [1.807, 2.05) is 18.2 Å². The van der Waals surface area contributed by atoms with Gasteiger partial charge < -0.3 is 24.8 Å². The Bertz CT molecular complexity index is 859. The molecular weight excluding hydrogens is 386 g/mol. The zero-order valence-electron chi connectivity index (χ0n) is 17.2. The van der Waals surface area contributed by atoms with Crippen LogP contribution in [-0.2, 0) is 14.3 Å². The molecule has 1 fully saturated rings. The molecule has 0 aromatic heterocycles. The molecule has 3 rings (SSSR count). The summed E-state index contributed by atoms with van der Waals surface area (Å²) in [4.78, 5) is 26.5. The van der Waals surface area contributed by atoms with E-state index in [-0.39, 0.29) is 6.10 Å². The van der Waals surface area contributed by atoms with Gasteiger partial charge in [0.2, 0.25) is 0 Å². The fourth-order valence-corrected chi connectivity index (χ4v) is 3.28. The fraction of sp³-hybridized carbons (Fsp3) is 0.364. The number of nitrogens with zero attached hydrogens (tertiary/aromatic N) is 1. The molecule has 2 N–H and O–H groups in total. The first kappa shape index (κ1) is 21.6. The Morgan fingerprint density at radius 1 is 1.07 bits per heavy atom. The molecule has 160 valence electrons. The van der Waals surface area contributed by atoms with E-state index in [0.29, 0.717) is 36.9 Å². The highest BCUT2D eigenvalue weighted by Crippen LogP contribution is 2.29. The Balaban J connectivity index is 1.44. The van der Waals surface area contributed by atoms with Crippen LogP contribution in [-0.4, -0.2) is 63.7 Å². The summed E-state index contributed by atoms with van der Waals surface area (Å²) in [5, 5.41) is 5.23. The highest BCUT2D eigenvalue weighted by molar-refractivity contribution is 6.39. The van der Waals surface area contributed by atoms with E-state index in [9.17, 15) is 9.59 Å². The topological polar surface area (TPSA) is 89.1 Å². The number of morpholine rings is 1. The molecule has 30 heavy (non-hydrogen) atoms. The molecule has 0 radical (unpaired) electrons. The lowest BCUT2D eigenvalue weighted by Crippen LogP contribution is -2.44. The molecule has 0 bridgehead atoms. The third-order valence-corrected chi connectivity index (χ3v) is 4.88. The van der Waals surface area contributed by atoms with Crippen molar-refractivity contribution in [3.63, 3.8) is 0 Å². The minimum Gasteiger partial charge on any atom is -0.493 e. The van der Waals surface area contributed by atoms with Crippen LogP contribution in [0.2, 0.25) is 0 Å². The number of anilines is 1. The molecule has 2 aromatic rings. The number of benzene rings is 2. The molecule has 1 atom stereocenters. The van der Waals surface area contributed by atoms with E-state index >= 15 is 0 Å². The first-order chi connectivity index (χ1) is 14.6. The zero-order chi connectivity index (χ0) is 21.3. The van der Waals surface area contributed by atoms with Gasteiger partial charge in [-0.05, 0) is 17.7 Å². The first-order valence-electron chi connectivity index (χ1n) is 9.81. The first-order valence-corrected chi connectivity index (χ1v) is 9.81. The lowest BCUT2D eigenvalue weighted by molar-refractivity contribution is -0.136. The second-order valence-corrected chi connectivity index (χ2v) is 6.85. The van der Waals surface area contributed by atoms with Crippen molar-refractivity contribution >= 4 is 17.5 Å². The van der Waals surface area contributed by atoms with Gasteiger partial charge in [0.15, 0.2) is 11.5 Å². The maximum Gasteiger partial charge on any atom is 0.313 e. The summed E-state index contributed by atoms with van der Waals surface area (Å²) in [5.74, 6) is -0.403. The number of carbonyl (C=O) groups is 2. The van der Waals surface area contributed by atoms with Gasteiger partial charge in [0.1, 0.15) is 0 Å². The fourth-order valence-electron chi connectivity index (χ4n) is 3.28. The molecule has 0 spiro atoms. The molecule has 8 heteroatoms. The van der Waals surface area contributed by atoms with Crippen molar-refractivity contribution in [1.82, 2.24) is 10.2 Å². The van der Waals surface area contributed by atoms with E-state index in [4.69, 9.17) is 14.2 Å². The number of rotatable bonds is 7. The van der Waals surface area contributed by atoms with Crippen LogP contribution in [0.25, 0.3) is 0 Å². The Labute approximate surface area is 176 Å². The normalized spacial score (nSPS) is 16.5. The van der Waals surface area contributed by atoms with E-state index in [0.717, 1.165) is 18.7 Å². The largest absolute Gasteiger partial charge is 0.493 e. The van der Waals surface area contributed by atoms with Gasteiger partial charge in [-0.3, -0.25) is 14.5 Å². The number of carbonyl (C=O) groups excluding carboxylic acids is 2. The molecule has 2 aromatic carbocycles. The van der Waals surface area contributed by atoms with Gasteiger partial charge in [-0.2, -0.15) is 0 Å². The van der Waals surface area contributed by atoms with E-state index in [2.05, 4.69) is 27.7 Å². The predicted molar refractivity (Wildman–Crippen MR) is 113 cm³/mol. The molecular formula is C22H27N3O5. The van der Waals surface area contributed by atoms with Gasteiger partial charge in [-0.15, -0.1) is 0 Å². The Morgan fingerprint density at radius 3 is 2.57 bits per heavy atom. The van der Waals surface area contributed by atoms with Crippen molar-refractivity contribution in [2.45, 2.75) is 6.10 Å². The van der Waals surface area contributed by atoms with Gasteiger partial charge in [0.25, 0.3) is 0 Å². The minimum atomic E-state index is -0.730. The van der Waals surface area contributed by atoms with Gasteiger partial charge in [0.05, 0.1) is 26.9 Å². The van der Waals surface area contributed by atoms with Crippen LogP contribution in [0.15, 0.2) is 48.5 Å². The third kappa shape index (κ3) is 5.71. The molecule has 2 amide bonds. The van der Waals surface area contributed by atoms with Crippen molar-refractivity contribution < 1.29 is 23.8 Å². The Hall–Kier alpha value is -3.10. The molecule has 1 aliphatic heterocycles. The number of hydrogen-bond donors (Lipinski definition) is 2. The van der Waals surface area contributed by atoms with Crippen LogP contribution in [0.1, 0.15) is 11.7 Å². The number of ether oxygens (including phenoxy) is 3. The number of methoxy groups -OCH3 is 2. The lowest BCUT2D eigenvalue weighted by Gasteiger charge is -2.33. The molecule has 1 heterocycles. The highest BCUT2D eigenvalue weighted by Gasteiger charge is 2.22. The van der Waals surface area contributed by atoms with Crippen LogP contribution in [0.4, 0.5) is 5.69 Å². The summed E-state index contributed by atoms with van der Waals surface area (Å²) < 4.78 is 16.2. The van der Waals surface area contributed by atoms with E-state index in [1.54, 1.807) is 18.2 Å². The van der Waals surface area contributed by atoms with Gasteiger partial charge >= 0.3 is 11.8 Å². The maximum atomic E-state index is 12.2. The molecule has 0 saturated carbocycles. The molecule has 0 unspecified atom stereocenters. The third-order valence-electron chi connectivity index (χ3n) is 4.88. The monoisotopic (exact) mass is 413 g/mol. The summed E-state index contributed by atoms with van der Waals surface area (Å²) in [6.07, 6.45) is 0.0176. The smallest absolute Gasteiger partial charge is 0.313 e. The SMILES string of the molecule is COc1ccc(NC(=O)C(=O)NCCN2CCO[C@H](c3ccccc3)C2)cc1OC. The van der Waals surface area contributed by atoms with Gasteiger partial charge in [-0.25, -0.2) is 0 Å². The van der Waals surface area contributed by atoms with Crippen LogP contribution in [0.3, 0.4) is 0 Å². The second-order valence-electron chi connectivity index (χ2n) is 6.85. The van der Waals surface area contributed by atoms with Crippen LogP contribution >= 0.6 is 0 Å². The number of nitrogens with one attached hydrogen (secondary N) is 2. The summed E-state index contributed by atoms with van der Waals surface area (Å²) in [7, 11) is 3.03. The predicted octanol–water partition coefficient (Wildman–Crippen LogP) is 1.83. The average molecular weight is 413 g/mol. The van der Waals surface area contributed by atoms with Crippen LogP contribution in [0.5, 0.6) is 11.5 Å². The summed E-state index contributed by atoms with van der Waals surface area (Å²) in [6, 6.07) is 15.0. The quantitative estimate of drug-likeness (QED) is 0.674. The van der Waals surface area contributed by atoms with Gasteiger partial charge in [-0.1, -0.05) is 30.3 Å². The van der Waals surface area contributed by atoms with Crippen molar-refractivity contribution in [3.05, 3.63) is 54.1 Å². The second kappa shape index (κ2) is 10.6. The average Bonchev–Trinajstić information content (AvgIpc) is 2.79. The van der Waals surface area contributed by atoms with Crippen molar-refractivity contribution in [2.75, 3.05) is 52.3 Å². The van der Waals surface area contributed by atoms with Crippen LogP contribution < -0.4 is 20.1 Å².